The van der Waals surface area contributed by atoms with E-state index in [4.69, 9.17) is 4.99 Å². The number of nitrogens with zero attached hydrogens (tertiary/aromatic N) is 6. The third-order valence-corrected chi connectivity index (χ3v) is 5.38. The molecule has 0 amide bonds. The summed E-state index contributed by atoms with van der Waals surface area (Å²) in [5.74, 6) is 0.00419. The zero-order chi connectivity index (χ0) is 22.3. The molecule has 1 fully saturated rings. The van der Waals surface area contributed by atoms with E-state index >= 15 is 0 Å². The molecule has 1 aliphatic heterocycles. The summed E-state index contributed by atoms with van der Waals surface area (Å²) < 4.78 is 29.5. The van der Waals surface area contributed by atoms with Gasteiger partial charge in [-0.2, -0.15) is 5.10 Å². The Morgan fingerprint density at radius 1 is 1.06 bits per heavy atom. The number of anilines is 1. The molecule has 0 spiro atoms. The van der Waals surface area contributed by atoms with Gasteiger partial charge in [-0.05, 0) is 30.2 Å². The predicted molar refractivity (Wildman–Crippen MR) is 136 cm³/mol. The molecule has 2 aromatic carbocycles. The lowest BCUT2D eigenvalue weighted by atomic mass is 10.1. The lowest BCUT2D eigenvalue weighted by Crippen LogP contribution is -2.52. The molecule has 0 bridgehead atoms. The van der Waals surface area contributed by atoms with Crippen molar-refractivity contribution in [2.24, 2.45) is 4.99 Å². The SMILES string of the molecule is CCNC(=NCc1cccc(Cn2cncn2)c1)N1CCN(c2cc(F)ccc2F)CC1.I. The molecule has 0 radical (unpaired) electrons. The lowest BCUT2D eigenvalue weighted by Gasteiger charge is -2.37. The minimum absolute atomic E-state index is 0. The fourth-order valence-corrected chi connectivity index (χ4v) is 3.81. The van der Waals surface area contributed by atoms with Crippen molar-refractivity contribution in [1.82, 2.24) is 25.0 Å². The molecule has 0 atom stereocenters. The summed E-state index contributed by atoms with van der Waals surface area (Å²) in [6, 6.07) is 11.9. The molecule has 2 heterocycles. The van der Waals surface area contributed by atoms with Crippen LogP contribution in [0.15, 0.2) is 60.1 Å². The molecule has 10 heteroatoms. The molecule has 0 unspecified atom stereocenters. The van der Waals surface area contributed by atoms with Crippen LogP contribution in [-0.4, -0.2) is 58.3 Å². The van der Waals surface area contributed by atoms with E-state index in [-0.39, 0.29) is 24.0 Å². The number of guanidine groups is 1. The highest BCUT2D eigenvalue weighted by Gasteiger charge is 2.22. The normalized spacial score (nSPS) is 14.2. The average molecular weight is 567 g/mol. The Labute approximate surface area is 209 Å². The molecule has 1 aliphatic rings. The van der Waals surface area contributed by atoms with E-state index in [1.54, 1.807) is 11.0 Å². The molecule has 33 heavy (non-hydrogen) atoms. The van der Waals surface area contributed by atoms with Crippen LogP contribution in [0.4, 0.5) is 14.5 Å². The third kappa shape index (κ3) is 6.62. The maximum absolute atomic E-state index is 14.1. The minimum atomic E-state index is -0.426. The van der Waals surface area contributed by atoms with Gasteiger partial charge in [-0.25, -0.2) is 23.4 Å². The van der Waals surface area contributed by atoms with Crippen molar-refractivity contribution in [2.75, 3.05) is 37.6 Å². The zero-order valence-electron chi connectivity index (χ0n) is 18.5. The second-order valence-corrected chi connectivity index (χ2v) is 7.65. The summed E-state index contributed by atoms with van der Waals surface area (Å²) in [6.07, 6.45) is 3.22. The molecule has 0 aliphatic carbocycles. The van der Waals surface area contributed by atoms with Crippen molar-refractivity contribution in [3.63, 3.8) is 0 Å². The van der Waals surface area contributed by atoms with Crippen molar-refractivity contribution in [1.29, 1.82) is 0 Å². The van der Waals surface area contributed by atoms with Crippen molar-refractivity contribution in [2.45, 2.75) is 20.0 Å². The summed E-state index contributed by atoms with van der Waals surface area (Å²) in [4.78, 5) is 12.8. The number of nitrogens with one attached hydrogen (secondary N) is 1. The number of aromatic nitrogens is 3. The molecule has 1 aromatic heterocycles. The van der Waals surface area contributed by atoms with Crippen LogP contribution in [0, 0.1) is 11.6 Å². The first-order valence-electron chi connectivity index (χ1n) is 10.8. The number of piperazine rings is 1. The summed E-state index contributed by atoms with van der Waals surface area (Å²) in [7, 11) is 0. The van der Waals surface area contributed by atoms with Gasteiger partial charge in [-0.15, -0.1) is 24.0 Å². The zero-order valence-corrected chi connectivity index (χ0v) is 20.8. The standard InChI is InChI=1S/C23H27F2N7.HI/c1-2-27-23(28-14-18-4-3-5-19(12-18)15-32-17-26-16-29-32)31-10-8-30(9-11-31)22-13-20(24)6-7-21(22)25;/h3-7,12-13,16-17H,2,8-11,14-15H2,1H3,(H,27,28);1H. The van der Waals surface area contributed by atoms with Gasteiger partial charge in [0.15, 0.2) is 5.96 Å². The van der Waals surface area contributed by atoms with E-state index < -0.39 is 11.6 Å². The van der Waals surface area contributed by atoms with Gasteiger partial charge in [0, 0.05) is 38.8 Å². The highest BCUT2D eigenvalue weighted by molar-refractivity contribution is 14.0. The number of aliphatic imine (C=N–C) groups is 1. The largest absolute Gasteiger partial charge is 0.366 e. The summed E-state index contributed by atoms with van der Waals surface area (Å²) in [5.41, 5.74) is 2.56. The maximum Gasteiger partial charge on any atom is 0.194 e. The Bertz CT molecular complexity index is 1050. The highest BCUT2D eigenvalue weighted by atomic mass is 127. The van der Waals surface area contributed by atoms with Gasteiger partial charge in [0.05, 0.1) is 18.8 Å². The monoisotopic (exact) mass is 567 g/mol. The van der Waals surface area contributed by atoms with Crippen molar-refractivity contribution in [3.8, 4) is 0 Å². The second kappa shape index (κ2) is 11.9. The molecule has 1 saturated heterocycles. The fourth-order valence-electron chi connectivity index (χ4n) is 3.81. The Kier molecular flexibility index (Phi) is 8.98. The number of hydrogen-bond acceptors (Lipinski definition) is 4. The van der Waals surface area contributed by atoms with Crippen LogP contribution in [-0.2, 0) is 13.1 Å². The summed E-state index contributed by atoms with van der Waals surface area (Å²) in [6.45, 7) is 6.54. The van der Waals surface area contributed by atoms with Gasteiger partial charge in [0.2, 0.25) is 0 Å². The number of benzene rings is 2. The van der Waals surface area contributed by atoms with Gasteiger partial charge < -0.3 is 15.1 Å². The van der Waals surface area contributed by atoms with Crippen molar-refractivity contribution >= 4 is 35.6 Å². The third-order valence-electron chi connectivity index (χ3n) is 5.38. The van der Waals surface area contributed by atoms with E-state index in [0.29, 0.717) is 45.0 Å². The molecule has 7 nitrogen and oxygen atoms in total. The quantitative estimate of drug-likeness (QED) is 0.281. The first-order valence-corrected chi connectivity index (χ1v) is 10.8. The highest BCUT2D eigenvalue weighted by Crippen LogP contribution is 2.22. The van der Waals surface area contributed by atoms with Gasteiger partial charge in [0.25, 0.3) is 0 Å². The smallest absolute Gasteiger partial charge is 0.194 e. The van der Waals surface area contributed by atoms with Crippen LogP contribution in [0.25, 0.3) is 0 Å². The summed E-state index contributed by atoms with van der Waals surface area (Å²) >= 11 is 0. The average Bonchev–Trinajstić information content (AvgIpc) is 3.32. The van der Waals surface area contributed by atoms with E-state index in [1.807, 2.05) is 17.9 Å². The Hall–Kier alpha value is -2.76. The number of rotatable bonds is 6. The van der Waals surface area contributed by atoms with Crippen LogP contribution in [0.5, 0.6) is 0 Å². The molecule has 4 rings (SSSR count). The lowest BCUT2D eigenvalue weighted by molar-refractivity contribution is 0.370. The summed E-state index contributed by atoms with van der Waals surface area (Å²) in [5, 5.41) is 7.50. The number of halogens is 3. The van der Waals surface area contributed by atoms with Crippen molar-refractivity contribution in [3.05, 3.63) is 77.9 Å². The molecular weight excluding hydrogens is 539 g/mol. The molecule has 3 aromatic rings. The van der Waals surface area contributed by atoms with Crippen LogP contribution in [0.2, 0.25) is 0 Å². The van der Waals surface area contributed by atoms with Crippen LogP contribution < -0.4 is 10.2 Å². The van der Waals surface area contributed by atoms with E-state index in [0.717, 1.165) is 29.7 Å². The first kappa shape index (κ1) is 24.9. The van der Waals surface area contributed by atoms with Crippen molar-refractivity contribution < 1.29 is 8.78 Å². The Morgan fingerprint density at radius 3 is 2.58 bits per heavy atom. The maximum atomic E-state index is 14.1. The van der Waals surface area contributed by atoms with E-state index in [1.165, 1.54) is 18.5 Å². The Morgan fingerprint density at radius 2 is 1.85 bits per heavy atom. The van der Waals surface area contributed by atoms with Crippen LogP contribution >= 0.6 is 24.0 Å². The van der Waals surface area contributed by atoms with Crippen LogP contribution in [0.1, 0.15) is 18.1 Å². The molecule has 176 valence electrons. The van der Waals surface area contributed by atoms with Gasteiger partial charge in [0.1, 0.15) is 24.3 Å². The first-order chi connectivity index (χ1) is 15.6. The second-order valence-electron chi connectivity index (χ2n) is 7.65. The van der Waals surface area contributed by atoms with Crippen LogP contribution in [0.3, 0.4) is 0 Å². The number of hydrogen-bond donors (Lipinski definition) is 1. The molecular formula is C23H28F2IN7. The Balaban J connectivity index is 0.00000306. The fraction of sp³-hybridized carbons (Fsp3) is 0.348. The van der Waals surface area contributed by atoms with E-state index in [9.17, 15) is 8.78 Å². The van der Waals surface area contributed by atoms with E-state index in [2.05, 4.69) is 38.5 Å². The van der Waals surface area contributed by atoms with Gasteiger partial charge in [-0.3, -0.25) is 0 Å². The molecule has 0 saturated carbocycles. The van der Waals surface area contributed by atoms with Gasteiger partial charge in [-0.1, -0.05) is 24.3 Å². The molecule has 1 N–H and O–H groups in total. The predicted octanol–water partition coefficient (Wildman–Crippen LogP) is 3.51. The topological polar surface area (TPSA) is 61.6 Å². The van der Waals surface area contributed by atoms with Gasteiger partial charge >= 0.3 is 0 Å². The minimum Gasteiger partial charge on any atom is -0.366 e.